The Hall–Kier alpha value is 1.06. The Bertz CT molecular complexity index is 96.0. The molecule has 1 aliphatic rings. The van der Waals surface area contributed by atoms with Gasteiger partial charge in [-0.05, 0) is 11.8 Å². The van der Waals surface area contributed by atoms with Crippen LogP contribution in [-0.4, -0.2) is 23.1 Å². The van der Waals surface area contributed by atoms with Crippen molar-refractivity contribution in [2.75, 3.05) is 0 Å². The first kappa shape index (κ1) is 15.5. The largest absolute Gasteiger partial charge is 2.00 e. The molecule has 0 bridgehead atoms. The maximum atomic E-state index is 2.35. The summed E-state index contributed by atoms with van der Waals surface area (Å²) in [5.74, 6) is 3.65. The number of halogens is 1. The summed E-state index contributed by atoms with van der Waals surface area (Å²) in [7, 11) is 0. The van der Waals surface area contributed by atoms with Gasteiger partial charge in [-0.25, -0.2) is 0 Å². The van der Waals surface area contributed by atoms with Crippen LogP contribution in [0.25, 0.3) is 0 Å². The number of rotatable bonds is 1. The van der Waals surface area contributed by atoms with E-state index in [1.54, 1.807) is 5.92 Å². The Labute approximate surface area is 99.4 Å². The van der Waals surface area contributed by atoms with Gasteiger partial charge in [0.2, 0.25) is 0 Å². The minimum absolute atomic E-state index is 0. The molecule has 0 nitrogen and oxygen atoms in total. The van der Waals surface area contributed by atoms with Crippen LogP contribution in [-0.2, 0) is 0 Å². The zero-order valence-corrected chi connectivity index (χ0v) is 10.7. The molecule has 0 aromatic heterocycles. The molecule has 0 N–H and O–H groups in total. The van der Waals surface area contributed by atoms with Gasteiger partial charge < -0.3 is 18.3 Å². The van der Waals surface area contributed by atoms with E-state index in [0.717, 1.165) is 11.8 Å². The van der Waals surface area contributed by atoms with Crippen molar-refractivity contribution in [3.05, 3.63) is 5.92 Å². The van der Waals surface area contributed by atoms with Crippen LogP contribution in [0.3, 0.4) is 0 Å². The summed E-state index contributed by atoms with van der Waals surface area (Å²) >= 11 is 0. The van der Waals surface area contributed by atoms with Crippen molar-refractivity contribution in [1.29, 1.82) is 0 Å². The Morgan fingerprint density at radius 2 is 1.58 bits per heavy atom. The van der Waals surface area contributed by atoms with Crippen LogP contribution in [0.5, 0.6) is 0 Å². The van der Waals surface area contributed by atoms with E-state index in [2.05, 4.69) is 20.8 Å². The molecule has 0 aromatic rings. The topological polar surface area (TPSA) is 0 Å². The second-order valence-corrected chi connectivity index (χ2v) is 4.04. The molecular formula is C10H19ClMg. The fraction of sp³-hybridized carbons (Fsp3) is 0.900. The molecule has 1 saturated carbocycles. The van der Waals surface area contributed by atoms with Gasteiger partial charge in [-0.15, -0.1) is 0 Å². The number of hydrogen-bond donors (Lipinski definition) is 0. The molecule has 0 saturated heterocycles. The van der Waals surface area contributed by atoms with Crippen molar-refractivity contribution >= 4 is 23.1 Å². The monoisotopic (exact) mass is 198 g/mol. The second kappa shape index (κ2) is 7.46. The summed E-state index contributed by atoms with van der Waals surface area (Å²) in [5, 5.41) is 0. The van der Waals surface area contributed by atoms with E-state index < -0.39 is 0 Å². The summed E-state index contributed by atoms with van der Waals surface area (Å²) in [6.45, 7) is 7.01. The second-order valence-electron chi connectivity index (χ2n) is 4.04. The van der Waals surface area contributed by atoms with Crippen LogP contribution in [0.4, 0.5) is 0 Å². The van der Waals surface area contributed by atoms with Gasteiger partial charge in [0.25, 0.3) is 0 Å². The first-order valence-electron chi connectivity index (χ1n) is 4.51. The predicted octanol–water partition coefficient (Wildman–Crippen LogP) is 0.0502. The Morgan fingerprint density at radius 1 is 1.17 bits per heavy atom. The average molecular weight is 199 g/mol. The molecule has 0 heterocycles. The van der Waals surface area contributed by atoms with Crippen molar-refractivity contribution in [1.82, 2.24) is 0 Å². The summed E-state index contributed by atoms with van der Waals surface area (Å²) < 4.78 is 0. The number of hydrogen-bond acceptors (Lipinski definition) is 0. The molecule has 0 atom stereocenters. The van der Waals surface area contributed by atoms with Gasteiger partial charge >= 0.3 is 23.1 Å². The quantitative estimate of drug-likeness (QED) is 0.413. The molecule has 1 aliphatic carbocycles. The van der Waals surface area contributed by atoms with E-state index in [9.17, 15) is 0 Å². The third-order valence-electron chi connectivity index (χ3n) is 2.83. The van der Waals surface area contributed by atoms with Crippen LogP contribution in [0.2, 0.25) is 0 Å². The predicted molar refractivity (Wildman–Crippen MR) is 51.5 cm³/mol. The third kappa shape index (κ3) is 4.93. The summed E-state index contributed by atoms with van der Waals surface area (Å²) in [4.78, 5) is 0. The van der Waals surface area contributed by atoms with Crippen molar-refractivity contribution in [2.45, 2.75) is 46.5 Å². The van der Waals surface area contributed by atoms with E-state index in [0.29, 0.717) is 0 Å². The molecule has 0 spiro atoms. The molecule has 1 fully saturated rings. The fourth-order valence-corrected chi connectivity index (χ4v) is 1.80. The van der Waals surface area contributed by atoms with Gasteiger partial charge in [0, 0.05) is 0 Å². The standard InChI is InChI=1S/C10H19.ClH.Mg/c1-8(2)10-6-4-9(3)5-7-10;;/h8,10H,4-7H2,1-3H3;1H;/q-1;;+2/p-1. The summed E-state index contributed by atoms with van der Waals surface area (Å²) in [6, 6.07) is 0. The SMILES string of the molecule is C[C-]1CCC(C(C)C)CC1.[Cl-].[Mg+2]. The summed E-state index contributed by atoms with van der Waals surface area (Å²) in [6.07, 6.45) is 5.68. The van der Waals surface area contributed by atoms with Crippen LogP contribution < -0.4 is 12.4 Å². The first-order valence-corrected chi connectivity index (χ1v) is 4.51. The Balaban J connectivity index is 0. The first-order chi connectivity index (χ1) is 4.70. The molecule has 68 valence electrons. The van der Waals surface area contributed by atoms with Gasteiger partial charge in [-0.3, -0.25) is 0 Å². The molecule has 0 amide bonds. The normalized spacial score (nSPS) is 20.0. The Kier molecular flexibility index (Phi) is 9.65. The Morgan fingerprint density at radius 3 is 1.92 bits per heavy atom. The van der Waals surface area contributed by atoms with Gasteiger partial charge in [0.05, 0.1) is 0 Å². The fourth-order valence-electron chi connectivity index (χ4n) is 1.80. The van der Waals surface area contributed by atoms with E-state index in [-0.39, 0.29) is 35.5 Å². The van der Waals surface area contributed by atoms with Crippen molar-refractivity contribution < 1.29 is 12.4 Å². The van der Waals surface area contributed by atoms with E-state index in [1.165, 1.54) is 25.7 Å². The zero-order valence-electron chi connectivity index (χ0n) is 8.57. The van der Waals surface area contributed by atoms with Crippen LogP contribution in [0.1, 0.15) is 46.5 Å². The molecular weight excluding hydrogens is 180 g/mol. The van der Waals surface area contributed by atoms with Gasteiger partial charge in [-0.2, -0.15) is 19.8 Å². The van der Waals surface area contributed by atoms with Crippen molar-refractivity contribution in [2.24, 2.45) is 11.8 Å². The van der Waals surface area contributed by atoms with Crippen LogP contribution >= 0.6 is 0 Å². The van der Waals surface area contributed by atoms with Crippen LogP contribution in [0, 0.1) is 17.8 Å². The average Bonchev–Trinajstić information content (AvgIpc) is 1.88. The van der Waals surface area contributed by atoms with Gasteiger partial charge in [0.15, 0.2) is 0 Å². The molecule has 1 rings (SSSR count). The molecule has 0 aliphatic heterocycles. The molecule has 0 aromatic carbocycles. The van der Waals surface area contributed by atoms with Crippen molar-refractivity contribution in [3.63, 3.8) is 0 Å². The maximum absolute atomic E-state index is 2.35. The molecule has 0 radical (unpaired) electrons. The van der Waals surface area contributed by atoms with Crippen LogP contribution in [0.15, 0.2) is 0 Å². The van der Waals surface area contributed by atoms with E-state index in [1.807, 2.05) is 0 Å². The van der Waals surface area contributed by atoms with E-state index >= 15 is 0 Å². The minimum Gasteiger partial charge on any atom is -1.00 e. The smallest absolute Gasteiger partial charge is 1.00 e. The zero-order chi connectivity index (χ0) is 7.56. The van der Waals surface area contributed by atoms with Crippen molar-refractivity contribution in [3.8, 4) is 0 Å². The summed E-state index contributed by atoms with van der Waals surface area (Å²) in [5.41, 5.74) is 0. The van der Waals surface area contributed by atoms with Gasteiger partial charge in [0.1, 0.15) is 0 Å². The molecule has 2 heteroatoms. The third-order valence-corrected chi connectivity index (χ3v) is 2.83. The van der Waals surface area contributed by atoms with Gasteiger partial charge in [-0.1, -0.05) is 26.7 Å². The minimum atomic E-state index is 0. The maximum Gasteiger partial charge on any atom is 2.00 e. The molecule has 12 heavy (non-hydrogen) atoms. The molecule has 0 unspecified atom stereocenters. The van der Waals surface area contributed by atoms with E-state index in [4.69, 9.17) is 0 Å².